The van der Waals surface area contributed by atoms with Crippen LogP contribution < -0.4 is 16.7 Å². The lowest BCUT2D eigenvalue weighted by molar-refractivity contribution is -0.119. The Bertz CT molecular complexity index is 1020. The number of amides is 2. The second-order valence-electron chi connectivity index (χ2n) is 5.70. The van der Waals surface area contributed by atoms with Crippen LogP contribution in [0, 0.1) is 0 Å². The van der Waals surface area contributed by atoms with Crippen molar-refractivity contribution in [1.82, 2.24) is 19.8 Å². The Labute approximate surface area is 158 Å². The summed E-state index contributed by atoms with van der Waals surface area (Å²) in [5.74, 6) is -0.877. The van der Waals surface area contributed by atoms with Gasteiger partial charge in [-0.15, -0.1) is 0 Å². The van der Waals surface area contributed by atoms with Crippen LogP contribution in [-0.4, -0.2) is 31.6 Å². The third-order valence-electron chi connectivity index (χ3n) is 3.62. The maximum atomic E-state index is 12.1. The monoisotopic (exact) mass is 386 g/mol. The molecular weight excluding hydrogens is 372 g/mol. The number of carbonyl (C=O) groups is 2. The lowest BCUT2D eigenvalue weighted by atomic mass is 10.1. The van der Waals surface area contributed by atoms with Gasteiger partial charge >= 0.3 is 5.69 Å². The molecule has 10 heteroatoms. The summed E-state index contributed by atoms with van der Waals surface area (Å²) < 4.78 is 1.90. The molecule has 2 amide bonds. The van der Waals surface area contributed by atoms with Crippen molar-refractivity contribution in [3.05, 3.63) is 69.6 Å². The first-order valence-corrected chi connectivity index (χ1v) is 8.26. The standard InChI is InChI=1S/C17H15ClN6O3/c18-12-3-1-11(2-4-12)9-16(26)20-13-5-7-14(8-6-13)24-17(27)23(21-22-24)10-15(19)25/h1-8H,9-10H2,(H2,19,25)(H,20,26). The zero-order valence-corrected chi connectivity index (χ0v) is 14.8. The van der Waals surface area contributed by atoms with E-state index in [1.165, 1.54) is 0 Å². The number of primary amides is 1. The molecule has 138 valence electrons. The fraction of sp³-hybridized carbons (Fsp3) is 0.118. The van der Waals surface area contributed by atoms with Gasteiger partial charge in [-0.2, -0.15) is 9.36 Å². The first-order chi connectivity index (χ1) is 12.9. The molecule has 0 aliphatic carbocycles. The van der Waals surface area contributed by atoms with Crippen molar-refractivity contribution < 1.29 is 9.59 Å². The van der Waals surface area contributed by atoms with E-state index in [0.29, 0.717) is 16.4 Å². The molecule has 0 atom stereocenters. The molecule has 0 aliphatic rings. The molecule has 9 nitrogen and oxygen atoms in total. The summed E-state index contributed by atoms with van der Waals surface area (Å²) in [4.78, 5) is 35.1. The zero-order chi connectivity index (χ0) is 19.4. The molecule has 3 rings (SSSR count). The zero-order valence-electron chi connectivity index (χ0n) is 14.0. The van der Waals surface area contributed by atoms with Crippen LogP contribution in [0.5, 0.6) is 0 Å². The van der Waals surface area contributed by atoms with Crippen LogP contribution in [0.1, 0.15) is 5.56 Å². The molecule has 0 aliphatic heterocycles. The number of tetrazole rings is 1. The smallest absolute Gasteiger partial charge is 0.368 e. The summed E-state index contributed by atoms with van der Waals surface area (Å²) in [5.41, 5.74) is 6.30. The van der Waals surface area contributed by atoms with Crippen molar-refractivity contribution >= 4 is 29.1 Å². The van der Waals surface area contributed by atoms with Gasteiger partial charge in [0.25, 0.3) is 0 Å². The van der Waals surface area contributed by atoms with Crippen molar-refractivity contribution in [2.24, 2.45) is 5.73 Å². The van der Waals surface area contributed by atoms with E-state index in [-0.39, 0.29) is 18.9 Å². The van der Waals surface area contributed by atoms with Gasteiger partial charge in [0.1, 0.15) is 6.54 Å². The van der Waals surface area contributed by atoms with E-state index in [1.807, 2.05) is 0 Å². The van der Waals surface area contributed by atoms with E-state index < -0.39 is 11.6 Å². The SMILES string of the molecule is NC(=O)Cn1nnn(-c2ccc(NC(=O)Cc3ccc(Cl)cc3)cc2)c1=O. The average molecular weight is 387 g/mol. The Hall–Kier alpha value is -3.46. The van der Waals surface area contributed by atoms with E-state index in [0.717, 1.165) is 14.9 Å². The second kappa shape index (κ2) is 7.83. The number of nitrogens with zero attached hydrogens (tertiary/aromatic N) is 4. The summed E-state index contributed by atoms with van der Waals surface area (Å²) in [6, 6.07) is 13.5. The molecule has 0 saturated heterocycles. The molecule has 0 radical (unpaired) electrons. The highest BCUT2D eigenvalue weighted by Gasteiger charge is 2.11. The molecule has 3 N–H and O–H groups in total. The Morgan fingerprint density at radius 2 is 1.70 bits per heavy atom. The number of hydrogen-bond donors (Lipinski definition) is 2. The topological polar surface area (TPSA) is 125 Å². The normalized spacial score (nSPS) is 10.6. The molecule has 2 aromatic carbocycles. The maximum absolute atomic E-state index is 12.1. The number of halogens is 1. The number of rotatable bonds is 6. The van der Waals surface area contributed by atoms with Gasteiger partial charge in [-0.25, -0.2) is 4.79 Å². The molecule has 1 aromatic heterocycles. The largest absolute Gasteiger partial charge is 0.368 e. The fourth-order valence-electron chi connectivity index (χ4n) is 2.36. The summed E-state index contributed by atoms with van der Waals surface area (Å²) in [5, 5.41) is 10.7. The van der Waals surface area contributed by atoms with Crippen LogP contribution in [0.2, 0.25) is 5.02 Å². The predicted octanol–water partition coefficient (Wildman–Crippen LogP) is 0.749. The number of carbonyl (C=O) groups excluding carboxylic acids is 2. The predicted molar refractivity (Wildman–Crippen MR) is 98.6 cm³/mol. The third-order valence-corrected chi connectivity index (χ3v) is 3.87. The lowest BCUT2D eigenvalue weighted by Crippen LogP contribution is -2.30. The Morgan fingerprint density at radius 3 is 2.33 bits per heavy atom. The molecule has 0 spiro atoms. The number of anilines is 1. The molecule has 1 heterocycles. The minimum atomic E-state index is -0.692. The minimum Gasteiger partial charge on any atom is -0.368 e. The molecule has 0 saturated carbocycles. The van der Waals surface area contributed by atoms with Crippen molar-refractivity contribution in [3.63, 3.8) is 0 Å². The average Bonchev–Trinajstić information content (AvgIpc) is 2.98. The molecule has 0 unspecified atom stereocenters. The van der Waals surface area contributed by atoms with E-state index in [9.17, 15) is 14.4 Å². The van der Waals surface area contributed by atoms with Gasteiger partial charge in [-0.3, -0.25) is 9.59 Å². The molecule has 0 fully saturated rings. The van der Waals surface area contributed by atoms with Gasteiger partial charge in [0.2, 0.25) is 11.8 Å². The molecule has 27 heavy (non-hydrogen) atoms. The highest BCUT2D eigenvalue weighted by molar-refractivity contribution is 6.30. The Kier molecular flexibility index (Phi) is 5.32. The van der Waals surface area contributed by atoms with Gasteiger partial charge < -0.3 is 11.1 Å². The maximum Gasteiger partial charge on any atom is 0.368 e. The lowest BCUT2D eigenvalue weighted by Gasteiger charge is -2.06. The van der Waals surface area contributed by atoms with E-state index in [4.69, 9.17) is 17.3 Å². The summed E-state index contributed by atoms with van der Waals surface area (Å²) in [6.45, 7) is -0.350. The number of hydrogen-bond acceptors (Lipinski definition) is 5. The van der Waals surface area contributed by atoms with Gasteiger partial charge in [-0.05, 0) is 52.4 Å². The van der Waals surface area contributed by atoms with Crippen molar-refractivity contribution in [1.29, 1.82) is 0 Å². The highest BCUT2D eigenvalue weighted by atomic mass is 35.5. The van der Waals surface area contributed by atoms with E-state index >= 15 is 0 Å². The summed E-state index contributed by atoms with van der Waals surface area (Å²) in [7, 11) is 0. The minimum absolute atomic E-state index is 0.186. The van der Waals surface area contributed by atoms with Crippen molar-refractivity contribution in [3.8, 4) is 5.69 Å². The molecule has 3 aromatic rings. The first kappa shape index (κ1) is 18.3. The van der Waals surface area contributed by atoms with Crippen molar-refractivity contribution in [2.45, 2.75) is 13.0 Å². The first-order valence-electron chi connectivity index (χ1n) is 7.88. The van der Waals surface area contributed by atoms with Gasteiger partial charge in [-0.1, -0.05) is 23.7 Å². The highest BCUT2D eigenvalue weighted by Crippen LogP contribution is 2.13. The van der Waals surface area contributed by atoms with Crippen LogP contribution in [0.3, 0.4) is 0 Å². The van der Waals surface area contributed by atoms with E-state index in [2.05, 4.69) is 15.7 Å². The number of nitrogens with two attached hydrogens (primary N) is 1. The van der Waals surface area contributed by atoms with Crippen LogP contribution in [0.25, 0.3) is 5.69 Å². The second-order valence-corrected chi connectivity index (χ2v) is 6.13. The number of aromatic nitrogens is 4. The van der Waals surface area contributed by atoms with Crippen LogP contribution in [0.4, 0.5) is 5.69 Å². The van der Waals surface area contributed by atoms with Crippen LogP contribution in [-0.2, 0) is 22.6 Å². The van der Waals surface area contributed by atoms with Crippen molar-refractivity contribution in [2.75, 3.05) is 5.32 Å². The molecule has 0 bridgehead atoms. The fourth-order valence-corrected chi connectivity index (χ4v) is 2.49. The van der Waals surface area contributed by atoms with E-state index in [1.54, 1.807) is 48.5 Å². The summed E-state index contributed by atoms with van der Waals surface area (Å²) >= 11 is 5.82. The number of benzene rings is 2. The third kappa shape index (κ3) is 4.59. The summed E-state index contributed by atoms with van der Waals surface area (Å²) in [6.07, 6.45) is 0.208. The Morgan fingerprint density at radius 1 is 1.04 bits per heavy atom. The van der Waals surface area contributed by atoms with Gasteiger partial charge in [0.05, 0.1) is 12.1 Å². The van der Waals surface area contributed by atoms with Crippen LogP contribution in [0.15, 0.2) is 53.3 Å². The quantitative estimate of drug-likeness (QED) is 0.646. The Balaban J connectivity index is 1.67. The van der Waals surface area contributed by atoms with Gasteiger partial charge in [0.15, 0.2) is 0 Å². The molecular formula is C17H15ClN6O3. The van der Waals surface area contributed by atoms with Gasteiger partial charge in [0, 0.05) is 10.7 Å². The number of nitrogens with one attached hydrogen (secondary N) is 1. The van der Waals surface area contributed by atoms with Crippen LogP contribution >= 0.6 is 11.6 Å².